The van der Waals surface area contributed by atoms with E-state index in [1.807, 2.05) is 47.3 Å². The van der Waals surface area contributed by atoms with Crippen LogP contribution in [0.5, 0.6) is 0 Å². The minimum Gasteiger partial charge on any atom is -0.383 e. The molecular formula is C32H35ClN8O. The van der Waals surface area contributed by atoms with Crippen molar-refractivity contribution in [3.05, 3.63) is 87.2 Å². The second-order valence-corrected chi connectivity index (χ2v) is 12.3. The molecule has 0 radical (unpaired) electrons. The fourth-order valence-electron chi connectivity index (χ4n) is 4.93. The van der Waals surface area contributed by atoms with E-state index < -0.39 is 6.04 Å². The second-order valence-electron chi connectivity index (χ2n) is 11.9. The van der Waals surface area contributed by atoms with Gasteiger partial charge in [-0.05, 0) is 54.0 Å². The first kappa shape index (κ1) is 29.1. The van der Waals surface area contributed by atoms with Crippen molar-refractivity contribution in [2.45, 2.75) is 53.1 Å². The molecule has 0 spiro atoms. The Hall–Kier alpha value is -4.42. The number of nitriles is 1. The fourth-order valence-corrected chi connectivity index (χ4v) is 5.19. The molecule has 0 fully saturated rings. The number of aryl methyl sites for hydroxylation is 1. The molecule has 0 aliphatic rings. The molecule has 3 heterocycles. The van der Waals surface area contributed by atoms with Crippen LogP contribution < -0.4 is 16.2 Å². The van der Waals surface area contributed by atoms with Crippen LogP contribution in [0.4, 0.5) is 11.4 Å². The van der Waals surface area contributed by atoms with Crippen molar-refractivity contribution in [2.75, 3.05) is 17.2 Å². The van der Waals surface area contributed by atoms with Crippen LogP contribution in [0.3, 0.4) is 0 Å². The Morgan fingerprint density at radius 3 is 2.64 bits per heavy atom. The number of benzene rings is 2. The molecule has 5 rings (SSSR count). The van der Waals surface area contributed by atoms with Gasteiger partial charge in [-0.25, -0.2) is 4.68 Å². The van der Waals surface area contributed by atoms with E-state index in [4.69, 9.17) is 11.6 Å². The minimum absolute atomic E-state index is 0.0139. The number of rotatable bonds is 8. The third kappa shape index (κ3) is 5.68. The number of halogens is 1. The SMILES string of the molecule is CCC(C)n1cc(C(Nc2cc(Cl)c3ncc(C#N)c(NCC(C)(C)C)c3c2)c2cccc3c(=O)n(C)ccc23)nn1. The molecule has 5 aromatic rings. The molecular weight excluding hydrogens is 548 g/mol. The van der Waals surface area contributed by atoms with Crippen molar-refractivity contribution in [3.63, 3.8) is 0 Å². The third-order valence-electron chi connectivity index (χ3n) is 7.48. The van der Waals surface area contributed by atoms with Gasteiger partial charge in [-0.15, -0.1) is 5.10 Å². The highest BCUT2D eigenvalue weighted by molar-refractivity contribution is 6.35. The molecule has 2 atom stereocenters. The van der Waals surface area contributed by atoms with Gasteiger partial charge in [0.25, 0.3) is 5.56 Å². The third-order valence-corrected chi connectivity index (χ3v) is 7.77. The van der Waals surface area contributed by atoms with E-state index in [2.05, 4.69) is 66.6 Å². The van der Waals surface area contributed by atoms with Crippen LogP contribution in [-0.2, 0) is 7.05 Å². The molecule has 42 heavy (non-hydrogen) atoms. The zero-order valence-corrected chi connectivity index (χ0v) is 25.5. The Labute approximate surface area is 250 Å². The van der Waals surface area contributed by atoms with Crippen molar-refractivity contribution in [1.29, 1.82) is 5.26 Å². The predicted molar refractivity (Wildman–Crippen MR) is 169 cm³/mol. The average molecular weight is 583 g/mol. The Balaban J connectivity index is 1.68. The smallest absolute Gasteiger partial charge is 0.258 e. The summed E-state index contributed by atoms with van der Waals surface area (Å²) in [6, 6.07) is 13.4. The van der Waals surface area contributed by atoms with Gasteiger partial charge in [0.2, 0.25) is 0 Å². The van der Waals surface area contributed by atoms with Crippen molar-refractivity contribution >= 4 is 44.7 Å². The minimum atomic E-state index is -0.453. The summed E-state index contributed by atoms with van der Waals surface area (Å²) in [6.45, 7) is 11.2. The topological polar surface area (TPSA) is 113 Å². The molecule has 3 aromatic heterocycles. The maximum atomic E-state index is 13.0. The van der Waals surface area contributed by atoms with E-state index in [1.165, 1.54) is 0 Å². The first-order chi connectivity index (χ1) is 20.0. The lowest BCUT2D eigenvalue weighted by Gasteiger charge is -2.23. The molecule has 0 aliphatic carbocycles. The van der Waals surface area contributed by atoms with Gasteiger partial charge in [-0.1, -0.05) is 56.6 Å². The lowest BCUT2D eigenvalue weighted by Crippen LogP contribution is -2.20. The highest BCUT2D eigenvalue weighted by atomic mass is 35.5. The van der Waals surface area contributed by atoms with E-state index in [1.54, 1.807) is 24.0 Å². The van der Waals surface area contributed by atoms with Crippen molar-refractivity contribution < 1.29 is 0 Å². The molecule has 2 aromatic carbocycles. The highest BCUT2D eigenvalue weighted by Crippen LogP contribution is 2.37. The molecule has 2 N–H and O–H groups in total. The summed E-state index contributed by atoms with van der Waals surface area (Å²) in [7, 11) is 1.74. The maximum absolute atomic E-state index is 13.0. The van der Waals surface area contributed by atoms with Gasteiger partial charge in [-0.3, -0.25) is 9.78 Å². The van der Waals surface area contributed by atoms with Crippen LogP contribution in [-0.4, -0.2) is 31.1 Å². The Bertz CT molecular complexity index is 1880. The van der Waals surface area contributed by atoms with E-state index >= 15 is 0 Å². The number of anilines is 2. The molecule has 0 amide bonds. The first-order valence-corrected chi connectivity index (χ1v) is 14.4. The monoisotopic (exact) mass is 582 g/mol. The van der Waals surface area contributed by atoms with Gasteiger partial charge in [0.15, 0.2) is 0 Å². The van der Waals surface area contributed by atoms with Gasteiger partial charge >= 0.3 is 0 Å². The van der Waals surface area contributed by atoms with Crippen LogP contribution in [0.15, 0.2) is 59.8 Å². The number of nitrogens with one attached hydrogen (secondary N) is 2. The number of aromatic nitrogens is 5. The largest absolute Gasteiger partial charge is 0.383 e. The summed E-state index contributed by atoms with van der Waals surface area (Å²) >= 11 is 6.80. The summed E-state index contributed by atoms with van der Waals surface area (Å²) in [5.74, 6) is 0. The standard InChI is InChI=1S/C32H35ClN8O/c1-7-19(2)41-17-27(38-39-41)30(23-9-8-10-24-22(23)11-12-40(6)31(24)42)37-21-13-25-28(36-18-32(3,4)5)20(15-34)16-35-29(25)26(33)14-21/h8-14,16-17,19,30,37H,7,18H2,1-6H3,(H,35,36). The zero-order valence-electron chi connectivity index (χ0n) is 24.7. The molecule has 0 saturated heterocycles. The quantitative estimate of drug-likeness (QED) is 0.206. The van der Waals surface area contributed by atoms with Crippen molar-refractivity contribution in [2.24, 2.45) is 12.5 Å². The fraction of sp³-hybridized carbons (Fsp3) is 0.344. The lowest BCUT2D eigenvalue weighted by molar-refractivity contribution is 0.443. The molecule has 216 valence electrons. The summed E-state index contributed by atoms with van der Waals surface area (Å²) in [4.78, 5) is 17.5. The highest BCUT2D eigenvalue weighted by Gasteiger charge is 2.23. The number of hydrogen-bond acceptors (Lipinski definition) is 7. The van der Waals surface area contributed by atoms with Crippen LogP contribution >= 0.6 is 11.6 Å². The molecule has 9 nitrogen and oxygen atoms in total. The van der Waals surface area contributed by atoms with Gasteiger partial charge in [0.1, 0.15) is 11.8 Å². The normalized spacial score (nSPS) is 13.2. The van der Waals surface area contributed by atoms with Crippen LogP contribution in [0.25, 0.3) is 21.7 Å². The molecule has 10 heteroatoms. The lowest BCUT2D eigenvalue weighted by atomic mass is 9.96. The van der Waals surface area contributed by atoms with Gasteiger partial charge in [0.05, 0.1) is 40.1 Å². The summed E-state index contributed by atoms with van der Waals surface area (Å²) in [5, 5.41) is 28.6. The Kier molecular flexibility index (Phi) is 7.93. The van der Waals surface area contributed by atoms with Crippen molar-refractivity contribution in [3.8, 4) is 6.07 Å². The van der Waals surface area contributed by atoms with E-state index in [-0.39, 0.29) is 17.0 Å². The molecule has 0 bridgehead atoms. The second kappa shape index (κ2) is 11.5. The summed E-state index contributed by atoms with van der Waals surface area (Å²) in [5.41, 5.74) is 3.95. The summed E-state index contributed by atoms with van der Waals surface area (Å²) in [6.07, 6.45) is 6.18. The molecule has 0 aliphatic heterocycles. The average Bonchev–Trinajstić information content (AvgIpc) is 3.45. The van der Waals surface area contributed by atoms with Gasteiger partial charge in [-0.2, -0.15) is 5.26 Å². The van der Waals surface area contributed by atoms with Gasteiger partial charge < -0.3 is 15.2 Å². The zero-order chi connectivity index (χ0) is 30.2. The van der Waals surface area contributed by atoms with Crippen LogP contribution in [0.1, 0.15) is 69.9 Å². The summed E-state index contributed by atoms with van der Waals surface area (Å²) < 4.78 is 3.43. The Morgan fingerprint density at radius 1 is 1.14 bits per heavy atom. The van der Waals surface area contributed by atoms with E-state index in [0.29, 0.717) is 45.1 Å². The number of pyridine rings is 2. The van der Waals surface area contributed by atoms with Gasteiger partial charge in [0, 0.05) is 42.4 Å². The first-order valence-electron chi connectivity index (χ1n) is 14.0. The number of nitrogens with zero attached hydrogens (tertiary/aromatic N) is 6. The predicted octanol–water partition coefficient (Wildman–Crippen LogP) is 6.83. The van der Waals surface area contributed by atoms with E-state index in [9.17, 15) is 10.1 Å². The maximum Gasteiger partial charge on any atom is 0.258 e. The van der Waals surface area contributed by atoms with E-state index in [0.717, 1.165) is 22.8 Å². The Morgan fingerprint density at radius 2 is 1.93 bits per heavy atom. The van der Waals surface area contributed by atoms with Crippen LogP contribution in [0.2, 0.25) is 5.02 Å². The van der Waals surface area contributed by atoms with Crippen LogP contribution in [0, 0.1) is 16.7 Å². The number of hydrogen-bond donors (Lipinski definition) is 2. The molecule has 2 unspecified atom stereocenters. The number of fused-ring (bicyclic) bond motifs is 2. The molecule has 0 saturated carbocycles. The van der Waals surface area contributed by atoms with Crippen molar-refractivity contribution in [1.82, 2.24) is 24.5 Å².